The molecule has 110 valence electrons. The molecule has 19 heavy (non-hydrogen) atoms. The molecule has 1 heteroatoms. The third kappa shape index (κ3) is 5.69. The monoisotopic (exact) mass is 263 g/mol. The van der Waals surface area contributed by atoms with Gasteiger partial charge in [-0.05, 0) is 62.8 Å². The van der Waals surface area contributed by atoms with Crippen LogP contribution in [0.4, 0.5) is 0 Å². The van der Waals surface area contributed by atoms with Gasteiger partial charge >= 0.3 is 0 Å². The van der Waals surface area contributed by atoms with Crippen molar-refractivity contribution < 1.29 is 0 Å². The summed E-state index contributed by atoms with van der Waals surface area (Å²) in [5, 5.41) is 0. The number of hydrogen-bond donors (Lipinski definition) is 1. The molecule has 2 unspecified atom stereocenters. The molecule has 1 nitrogen and oxygen atoms in total. The molecule has 1 fully saturated rings. The van der Waals surface area contributed by atoms with Gasteiger partial charge in [-0.3, -0.25) is 0 Å². The van der Waals surface area contributed by atoms with E-state index in [2.05, 4.69) is 13.0 Å². The van der Waals surface area contributed by atoms with Crippen LogP contribution in [0.1, 0.15) is 77.6 Å². The lowest BCUT2D eigenvalue weighted by Crippen LogP contribution is -2.13. The van der Waals surface area contributed by atoms with Crippen molar-refractivity contribution in [3.8, 4) is 0 Å². The van der Waals surface area contributed by atoms with Crippen molar-refractivity contribution in [2.45, 2.75) is 77.6 Å². The maximum absolute atomic E-state index is 5.84. The van der Waals surface area contributed by atoms with Gasteiger partial charge in [0.05, 0.1) is 0 Å². The third-order valence-corrected chi connectivity index (χ3v) is 5.14. The molecule has 2 N–H and O–H groups in total. The molecule has 0 aliphatic heterocycles. The van der Waals surface area contributed by atoms with Crippen molar-refractivity contribution in [2.24, 2.45) is 23.5 Å². The number of allylic oxidation sites excluding steroid dienone is 2. The first-order valence-corrected chi connectivity index (χ1v) is 8.68. The summed E-state index contributed by atoms with van der Waals surface area (Å²) < 4.78 is 0. The van der Waals surface area contributed by atoms with Gasteiger partial charge in [0.1, 0.15) is 0 Å². The topological polar surface area (TPSA) is 26.0 Å². The average molecular weight is 263 g/mol. The molecule has 0 aromatic heterocycles. The lowest BCUT2D eigenvalue weighted by molar-refractivity contribution is 0.415. The second-order valence-corrected chi connectivity index (χ2v) is 7.00. The van der Waals surface area contributed by atoms with E-state index in [4.69, 9.17) is 5.73 Å². The zero-order valence-corrected chi connectivity index (χ0v) is 12.9. The molecule has 2 rings (SSSR count). The fourth-order valence-corrected chi connectivity index (χ4v) is 3.55. The molecule has 0 saturated heterocycles. The van der Waals surface area contributed by atoms with E-state index in [1.807, 2.05) is 0 Å². The van der Waals surface area contributed by atoms with Gasteiger partial charge < -0.3 is 5.73 Å². The summed E-state index contributed by atoms with van der Waals surface area (Å²) >= 11 is 0. The van der Waals surface area contributed by atoms with Crippen molar-refractivity contribution in [2.75, 3.05) is 6.54 Å². The second-order valence-electron chi connectivity index (χ2n) is 7.00. The molecule has 2 aliphatic carbocycles. The molecule has 0 amide bonds. The predicted octanol–water partition coefficient (Wildman–Crippen LogP) is 5.06. The van der Waals surface area contributed by atoms with E-state index in [0.717, 1.165) is 24.3 Å². The first kappa shape index (κ1) is 15.1. The fraction of sp³-hybridized carbons (Fsp3) is 0.889. The van der Waals surface area contributed by atoms with Crippen LogP contribution in [0.2, 0.25) is 0 Å². The van der Waals surface area contributed by atoms with Crippen molar-refractivity contribution in [1.82, 2.24) is 0 Å². The van der Waals surface area contributed by atoms with E-state index in [9.17, 15) is 0 Å². The molecular weight excluding hydrogens is 230 g/mol. The maximum atomic E-state index is 5.84. The summed E-state index contributed by atoms with van der Waals surface area (Å²) in [6, 6.07) is 0. The lowest BCUT2D eigenvalue weighted by Gasteiger charge is -2.23. The highest BCUT2D eigenvalue weighted by molar-refractivity contribution is 5.08. The van der Waals surface area contributed by atoms with Gasteiger partial charge in [0.2, 0.25) is 0 Å². The largest absolute Gasteiger partial charge is 0.330 e. The molecular formula is C18H33N. The van der Waals surface area contributed by atoms with Gasteiger partial charge in [-0.15, -0.1) is 0 Å². The minimum atomic E-state index is 0.803. The van der Waals surface area contributed by atoms with Gasteiger partial charge in [0.25, 0.3) is 0 Å². The number of rotatable bonds is 5. The predicted molar refractivity (Wildman–Crippen MR) is 84.1 cm³/mol. The highest BCUT2D eigenvalue weighted by Crippen LogP contribution is 2.37. The highest BCUT2D eigenvalue weighted by Gasteiger charge is 2.23. The summed E-state index contributed by atoms with van der Waals surface area (Å²) in [6.07, 6.45) is 18.0. The second kappa shape index (κ2) is 8.09. The van der Waals surface area contributed by atoms with E-state index < -0.39 is 0 Å². The Balaban J connectivity index is 1.93. The lowest BCUT2D eigenvalue weighted by atomic mass is 9.84. The van der Waals surface area contributed by atoms with Gasteiger partial charge in [0, 0.05) is 0 Å². The summed E-state index contributed by atoms with van der Waals surface area (Å²) in [6.45, 7) is 3.29. The van der Waals surface area contributed by atoms with E-state index in [-0.39, 0.29) is 0 Å². The van der Waals surface area contributed by atoms with Crippen LogP contribution in [-0.4, -0.2) is 6.54 Å². The van der Waals surface area contributed by atoms with Gasteiger partial charge in [-0.2, -0.15) is 0 Å². The van der Waals surface area contributed by atoms with Crippen LogP contribution in [0.5, 0.6) is 0 Å². The van der Waals surface area contributed by atoms with Crippen LogP contribution in [0.15, 0.2) is 11.6 Å². The fourth-order valence-electron chi connectivity index (χ4n) is 3.55. The van der Waals surface area contributed by atoms with Crippen molar-refractivity contribution >= 4 is 0 Å². The minimum Gasteiger partial charge on any atom is -0.330 e. The maximum Gasteiger partial charge on any atom is -0.00716 e. The van der Waals surface area contributed by atoms with Gasteiger partial charge in [-0.25, -0.2) is 0 Å². The molecule has 2 atom stereocenters. The normalized spacial score (nSPS) is 32.6. The Kier molecular flexibility index (Phi) is 6.43. The zero-order valence-electron chi connectivity index (χ0n) is 12.9. The van der Waals surface area contributed by atoms with Crippen molar-refractivity contribution in [3.63, 3.8) is 0 Å². The molecule has 0 aromatic carbocycles. The SMILES string of the molecule is CC1CC/C=C(/CCC2CC2)C(CCN)CCCC1. The van der Waals surface area contributed by atoms with Crippen LogP contribution in [0, 0.1) is 17.8 Å². The highest BCUT2D eigenvalue weighted by atomic mass is 14.5. The molecule has 0 spiro atoms. The Hall–Kier alpha value is -0.300. The van der Waals surface area contributed by atoms with E-state index in [0.29, 0.717) is 0 Å². The number of hydrogen-bond acceptors (Lipinski definition) is 1. The minimum absolute atomic E-state index is 0.803. The van der Waals surface area contributed by atoms with Gasteiger partial charge in [0.15, 0.2) is 0 Å². The third-order valence-electron chi connectivity index (χ3n) is 5.14. The molecule has 2 aliphatic rings. The summed E-state index contributed by atoms with van der Waals surface area (Å²) in [5.41, 5.74) is 7.61. The smallest absolute Gasteiger partial charge is 0.00716 e. The average Bonchev–Trinajstić information content (AvgIpc) is 3.21. The molecule has 0 radical (unpaired) electrons. The van der Waals surface area contributed by atoms with Crippen molar-refractivity contribution in [3.05, 3.63) is 11.6 Å². The summed E-state index contributed by atoms with van der Waals surface area (Å²) in [7, 11) is 0. The van der Waals surface area contributed by atoms with E-state index >= 15 is 0 Å². The molecule has 0 aromatic rings. The molecule has 0 heterocycles. The van der Waals surface area contributed by atoms with Crippen LogP contribution < -0.4 is 5.73 Å². The Morgan fingerprint density at radius 1 is 1.05 bits per heavy atom. The Bertz CT molecular complexity index is 277. The standard InChI is InChI=1S/C18H33N/c1-15-5-2-3-7-18(13-14-19)17(8-4-6-15)12-11-16-9-10-16/h8,15-16,18H,2-7,9-14,19H2,1H3/b17-8-. The van der Waals surface area contributed by atoms with Crippen LogP contribution >= 0.6 is 0 Å². The summed E-state index contributed by atoms with van der Waals surface area (Å²) in [4.78, 5) is 0. The first-order valence-electron chi connectivity index (χ1n) is 8.68. The van der Waals surface area contributed by atoms with Gasteiger partial charge in [-0.1, -0.05) is 50.7 Å². The van der Waals surface area contributed by atoms with Crippen molar-refractivity contribution in [1.29, 1.82) is 0 Å². The number of nitrogens with two attached hydrogens (primary N) is 1. The summed E-state index contributed by atoms with van der Waals surface area (Å²) in [5.74, 6) is 2.79. The molecule has 0 bridgehead atoms. The molecule has 1 saturated carbocycles. The van der Waals surface area contributed by atoms with Crippen LogP contribution in [-0.2, 0) is 0 Å². The van der Waals surface area contributed by atoms with Crippen LogP contribution in [0.25, 0.3) is 0 Å². The van der Waals surface area contributed by atoms with E-state index in [1.165, 1.54) is 70.6 Å². The Labute approximate surface area is 120 Å². The Morgan fingerprint density at radius 2 is 1.84 bits per heavy atom. The first-order chi connectivity index (χ1) is 9.29. The zero-order chi connectivity index (χ0) is 13.5. The quantitative estimate of drug-likeness (QED) is 0.689. The Morgan fingerprint density at radius 3 is 2.58 bits per heavy atom. The van der Waals surface area contributed by atoms with Crippen LogP contribution in [0.3, 0.4) is 0 Å². The van der Waals surface area contributed by atoms with E-state index in [1.54, 1.807) is 5.57 Å².